The van der Waals surface area contributed by atoms with Crippen molar-refractivity contribution >= 4 is 18.3 Å². The lowest BCUT2D eigenvalue weighted by atomic mass is 9.98. The molecule has 0 saturated heterocycles. The predicted molar refractivity (Wildman–Crippen MR) is 116 cm³/mol. The van der Waals surface area contributed by atoms with Crippen LogP contribution in [0.2, 0.25) is 0 Å². The molecule has 0 radical (unpaired) electrons. The molecule has 0 unspecified atom stereocenters. The molecule has 2 heterocycles. The van der Waals surface area contributed by atoms with Crippen LogP contribution in [0.3, 0.4) is 0 Å². The number of benzene rings is 2. The van der Waals surface area contributed by atoms with Gasteiger partial charge in [0, 0.05) is 24.2 Å². The van der Waals surface area contributed by atoms with E-state index >= 15 is 0 Å². The maximum Gasteiger partial charge on any atom is 0.254 e. The minimum atomic E-state index is -0.111. The summed E-state index contributed by atoms with van der Waals surface area (Å²) in [6, 6.07) is 17.4. The molecule has 1 amide bonds. The average molecular weight is 412 g/mol. The van der Waals surface area contributed by atoms with Gasteiger partial charge < -0.3 is 10.6 Å². The van der Waals surface area contributed by atoms with Gasteiger partial charge in [-0.15, -0.1) is 12.4 Å². The number of halogens is 1. The zero-order valence-electron chi connectivity index (χ0n) is 16.7. The second-order valence-electron chi connectivity index (χ2n) is 7.47. The van der Waals surface area contributed by atoms with E-state index in [9.17, 15) is 4.79 Å². The van der Waals surface area contributed by atoms with Gasteiger partial charge in [0.15, 0.2) is 11.6 Å². The van der Waals surface area contributed by atoms with Gasteiger partial charge in [-0.1, -0.05) is 56.3 Å². The number of nitrogens with zero attached hydrogens (tertiary/aromatic N) is 4. The summed E-state index contributed by atoms with van der Waals surface area (Å²) in [5, 5.41) is 4.70. The first-order chi connectivity index (χ1) is 13.6. The predicted octanol–water partition coefficient (Wildman–Crippen LogP) is 3.68. The van der Waals surface area contributed by atoms with Gasteiger partial charge in [-0.3, -0.25) is 4.79 Å². The van der Waals surface area contributed by atoms with Crippen LogP contribution in [0.15, 0.2) is 54.6 Å². The van der Waals surface area contributed by atoms with Gasteiger partial charge in [0.05, 0.1) is 12.6 Å². The van der Waals surface area contributed by atoms with Crippen LogP contribution in [0, 0.1) is 5.92 Å². The Kier molecular flexibility index (Phi) is 6.35. The molecule has 0 spiro atoms. The van der Waals surface area contributed by atoms with Crippen molar-refractivity contribution < 1.29 is 4.79 Å². The molecule has 152 valence electrons. The number of amides is 1. The molecule has 0 aliphatic carbocycles. The maximum absolute atomic E-state index is 13.2. The third kappa shape index (κ3) is 4.04. The number of hydrogen-bond acceptors (Lipinski definition) is 4. The van der Waals surface area contributed by atoms with Crippen molar-refractivity contribution in [3.05, 3.63) is 71.5 Å². The first kappa shape index (κ1) is 21.0. The van der Waals surface area contributed by atoms with Crippen LogP contribution >= 0.6 is 12.4 Å². The molecule has 1 aliphatic heterocycles. The monoisotopic (exact) mass is 411 g/mol. The van der Waals surface area contributed by atoms with Crippen LogP contribution in [-0.4, -0.2) is 32.1 Å². The maximum atomic E-state index is 13.2. The number of rotatable bonds is 4. The van der Waals surface area contributed by atoms with Crippen LogP contribution in [-0.2, 0) is 13.1 Å². The van der Waals surface area contributed by atoms with Gasteiger partial charge in [-0.25, -0.2) is 9.67 Å². The summed E-state index contributed by atoms with van der Waals surface area (Å²) < 4.78 is 1.95. The first-order valence-corrected chi connectivity index (χ1v) is 9.68. The van der Waals surface area contributed by atoms with E-state index in [0.717, 1.165) is 17.0 Å². The van der Waals surface area contributed by atoms with E-state index in [1.807, 2.05) is 64.2 Å². The highest BCUT2D eigenvalue weighted by Gasteiger charge is 2.36. The van der Waals surface area contributed by atoms with Crippen molar-refractivity contribution in [2.24, 2.45) is 11.7 Å². The standard InChI is InChI=1S/C22H25N5O.ClH/c1-15(2)19-21-24-20(17-6-4-3-5-7-17)25-27(21)13-12-26(19)22(28)18-10-8-16(14-23)9-11-18;/h3-11,15,19H,12-14,23H2,1-2H3;1H/t19-;/m0./s1. The number of carbonyl (C=O) groups excluding carboxylic acids is 1. The zero-order chi connectivity index (χ0) is 19.7. The minimum Gasteiger partial charge on any atom is -0.326 e. The molecule has 2 aromatic carbocycles. The minimum absolute atomic E-state index is 0. The highest BCUT2D eigenvalue weighted by molar-refractivity contribution is 5.94. The smallest absolute Gasteiger partial charge is 0.254 e. The molecule has 29 heavy (non-hydrogen) atoms. The van der Waals surface area contributed by atoms with Crippen molar-refractivity contribution in [1.29, 1.82) is 0 Å². The van der Waals surface area contributed by atoms with Gasteiger partial charge in [-0.05, 0) is 23.6 Å². The highest BCUT2D eigenvalue weighted by atomic mass is 35.5. The Balaban J connectivity index is 0.00000240. The van der Waals surface area contributed by atoms with Crippen molar-refractivity contribution in [1.82, 2.24) is 19.7 Å². The Labute approximate surface area is 177 Å². The summed E-state index contributed by atoms with van der Waals surface area (Å²) >= 11 is 0. The molecule has 1 aliphatic rings. The van der Waals surface area contributed by atoms with E-state index in [1.165, 1.54) is 0 Å². The van der Waals surface area contributed by atoms with E-state index in [0.29, 0.717) is 31.0 Å². The molecule has 6 nitrogen and oxygen atoms in total. The fourth-order valence-corrected chi connectivity index (χ4v) is 3.76. The number of carbonyl (C=O) groups is 1. The molecule has 0 fully saturated rings. The fraction of sp³-hybridized carbons (Fsp3) is 0.318. The molecular weight excluding hydrogens is 386 g/mol. The van der Waals surface area contributed by atoms with Gasteiger partial charge in [-0.2, -0.15) is 5.10 Å². The SMILES string of the molecule is CC(C)[C@H]1c2nc(-c3ccccc3)nn2CCN1C(=O)c1ccc(CN)cc1.Cl. The van der Waals surface area contributed by atoms with Gasteiger partial charge in [0.1, 0.15) is 0 Å². The quantitative estimate of drug-likeness (QED) is 0.710. The Morgan fingerprint density at radius 2 is 1.79 bits per heavy atom. The average Bonchev–Trinajstić information content (AvgIpc) is 3.17. The van der Waals surface area contributed by atoms with E-state index in [-0.39, 0.29) is 30.3 Å². The van der Waals surface area contributed by atoms with Gasteiger partial charge in [0.25, 0.3) is 5.91 Å². The van der Waals surface area contributed by atoms with E-state index < -0.39 is 0 Å². The molecule has 4 rings (SSSR count). The van der Waals surface area contributed by atoms with Crippen LogP contribution in [0.5, 0.6) is 0 Å². The lowest BCUT2D eigenvalue weighted by Crippen LogP contribution is -2.44. The van der Waals surface area contributed by atoms with Gasteiger partial charge in [0.2, 0.25) is 0 Å². The molecule has 7 heteroatoms. The normalized spacial score (nSPS) is 15.7. The van der Waals surface area contributed by atoms with Crippen LogP contribution in [0.1, 0.15) is 41.6 Å². The van der Waals surface area contributed by atoms with Crippen LogP contribution in [0.4, 0.5) is 0 Å². The fourth-order valence-electron chi connectivity index (χ4n) is 3.76. The summed E-state index contributed by atoms with van der Waals surface area (Å²) in [7, 11) is 0. The second-order valence-corrected chi connectivity index (χ2v) is 7.47. The lowest BCUT2D eigenvalue weighted by molar-refractivity contribution is 0.0537. The second kappa shape index (κ2) is 8.76. The van der Waals surface area contributed by atoms with Gasteiger partial charge >= 0.3 is 0 Å². The largest absolute Gasteiger partial charge is 0.326 e. The summed E-state index contributed by atoms with van der Waals surface area (Å²) in [5.74, 6) is 1.81. The molecular formula is C22H26ClN5O. The Hall–Kier alpha value is -2.70. The van der Waals surface area contributed by atoms with Crippen LogP contribution < -0.4 is 5.73 Å². The molecule has 1 aromatic heterocycles. The molecule has 2 N–H and O–H groups in total. The Morgan fingerprint density at radius 1 is 1.10 bits per heavy atom. The van der Waals surface area contributed by atoms with E-state index in [2.05, 4.69) is 13.8 Å². The summed E-state index contributed by atoms with van der Waals surface area (Å²) in [4.78, 5) is 20.0. The molecule has 0 bridgehead atoms. The third-order valence-corrected chi connectivity index (χ3v) is 5.21. The zero-order valence-corrected chi connectivity index (χ0v) is 17.5. The number of nitrogens with two attached hydrogens (primary N) is 1. The highest BCUT2D eigenvalue weighted by Crippen LogP contribution is 2.33. The topological polar surface area (TPSA) is 77.0 Å². The van der Waals surface area contributed by atoms with Crippen molar-refractivity contribution in [3.63, 3.8) is 0 Å². The summed E-state index contributed by atoms with van der Waals surface area (Å²) in [6.45, 7) is 5.97. The van der Waals surface area contributed by atoms with E-state index in [1.54, 1.807) is 0 Å². The third-order valence-electron chi connectivity index (χ3n) is 5.21. The molecule has 0 saturated carbocycles. The van der Waals surface area contributed by atoms with Crippen molar-refractivity contribution in [2.45, 2.75) is 33.0 Å². The lowest BCUT2D eigenvalue weighted by Gasteiger charge is -2.37. The number of hydrogen-bond donors (Lipinski definition) is 1. The summed E-state index contributed by atoms with van der Waals surface area (Å²) in [5.41, 5.74) is 8.36. The Bertz CT molecular complexity index is 969. The number of fused-ring (bicyclic) bond motifs is 1. The van der Waals surface area contributed by atoms with E-state index in [4.69, 9.17) is 15.8 Å². The van der Waals surface area contributed by atoms with Crippen molar-refractivity contribution in [2.75, 3.05) is 6.54 Å². The Morgan fingerprint density at radius 3 is 2.41 bits per heavy atom. The summed E-state index contributed by atoms with van der Waals surface area (Å²) in [6.07, 6.45) is 0. The van der Waals surface area contributed by atoms with Crippen LogP contribution in [0.25, 0.3) is 11.4 Å². The molecule has 1 atom stereocenters. The molecule has 3 aromatic rings. The van der Waals surface area contributed by atoms with Crippen molar-refractivity contribution in [3.8, 4) is 11.4 Å². The first-order valence-electron chi connectivity index (χ1n) is 9.68. The number of aromatic nitrogens is 3.